The van der Waals surface area contributed by atoms with E-state index in [0.29, 0.717) is 30.5 Å². The van der Waals surface area contributed by atoms with Crippen LogP contribution in [0.5, 0.6) is 11.6 Å². The number of anilines is 1. The van der Waals surface area contributed by atoms with Gasteiger partial charge in [0.15, 0.2) is 11.7 Å². The maximum Gasteiger partial charge on any atom is 0.248 e. The first-order chi connectivity index (χ1) is 13.7. The third-order valence-electron chi connectivity index (χ3n) is 5.40. The Morgan fingerprint density at radius 1 is 1.38 bits per heavy atom. The molecule has 0 bridgehead atoms. The van der Waals surface area contributed by atoms with Crippen molar-refractivity contribution in [3.8, 4) is 11.6 Å². The second-order valence-electron chi connectivity index (χ2n) is 8.60. The number of aromatic nitrogens is 3. The molecule has 8 nitrogen and oxygen atoms in total. The molecule has 160 valence electrons. The maximum atomic E-state index is 13.1. The fraction of sp³-hybridized carbons (Fsp3) is 0.619. The summed E-state index contributed by atoms with van der Waals surface area (Å²) >= 11 is 0. The molecule has 0 aromatic carbocycles. The first kappa shape index (κ1) is 21.2. The van der Waals surface area contributed by atoms with E-state index in [1.165, 1.54) is 32.4 Å². The van der Waals surface area contributed by atoms with E-state index in [1.807, 2.05) is 0 Å². The van der Waals surface area contributed by atoms with E-state index >= 15 is 0 Å². The lowest BCUT2D eigenvalue weighted by Crippen LogP contribution is -2.29. The molecule has 2 heterocycles. The van der Waals surface area contributed by atoms with Crippen LogP contribution < -0.4 is 10.1 Å². The maximum absolute atomic E-state index is 13.1. The third-order valence-corrected chi connectivity index (χ3v) is 5.40. The Balaban J connectivity index is 1.77. The molecule has 2 aromatic rings. The molecule has 0 radical (unpaired) electrons. The Bertz CT molecular complexity index is 815. The molecule has 1 aliphatic rings. The number of nitrogens with one attached hydrogen (secondary N) is 1. The molecule has 0 unspecified atom stereocenters. The van der Waals surface area contributed by atoms with E-state index in [-0.39, 0.29) is 11.8 Å². The largest absolute Gasteiger partial charge is 0.495 e. The van der Waals surface area contributed by atoms with Crippen molar-refractivity contribution >= 4 is 11.7 Å². The average molecular weight is 405 g/mol. The van der Waals surface area contributed by atoms with E-state index in [0.717, 1.165) is 12.8 Å². The number of aliphatic hydroxyl groups is 1. The standard InChI is InChI=1S/C21H32N4O4/c1-21(2,28)14-24-10-9-18(23-24)22-20(27)17(11-15-7-5-4-6-8-15)25-13-16(29-3)12-19(25)26/h9-10,12-13,15,17,26,28H,4-8,11,14H2,1-3H3,(H,22,23,27)/t17-/m0/s1. The molecule has 2 aromatic heterocycles. The number of rotatable bonds is 8. The van der Waals surface area contributed by atoms with Crippen LogP contribution in [0.4, 0.5) is 5.82 Å². The molecule has 8 heteroatoms. The van der Waals surface area contributed by atoms with Gasteiger partial charge in [-0.15, -0.1) is 0 Å². The highest BCUT2D eigenvalue weighted by Crippen LogP contribution is 2.35. The van der Waals surface area contributed by atoms with Crippen LogP contribution in [0.25, 0.3) is 0 Å². The number of methoxy groups -OCH3 is 1. The van der Waals surface area contributed by atoms with Gasteiger partial charge in [-0.2, -0.15) is 5.10 Å². The third kappa shape index (κ3) is 5.76. The summed E-state index contributed by atoms with van der Waals surface area (Å²) in [5.41, 5.74) is -0.899. The molecular weight excluding hydrogens is 372 g/mol. The van der Waals surface area contributed by atoms with E-state index in [9.17, 15) is 15.0 Å². The minimum Gasteiger partial charge on any atom is -0.495 e. The van der Waals surface area contributed by atoms with Crippen LogP contribution in [0.3, 0.4) is 0 Å². The number of aromatic hydroxyl groups is 1. The van der Waals surface area contributed by atoms with Crippen molar-refractivity contribution in [2.24, 2.45) is 5.92 Å². The Morgan fingerprint density at radius 2 is 2.10 bits per heavy atom. The van der Waals surface area contributed by atoms with Crippen LogP contribution in [0.15, 0.2) is 24.5 Å². The van der Waals surface area contributed by atoms with Crippen molar-refractivity contribution in [3.05, 3.63) is 24.5 Å². The SMILES string of the molecule is COc1cc(O)n([C@@H](CC2CCCCC2)C(=O)Nc2ccn(CC(C)(C)O)n2)c1. The van der Waals surface area contributed by atoms with Gasteiger partial charge in [0.05, 0.1) is 25.5 Å². The normalized spacial score (nSPS) is 16.6. The van der Waals surface area contributed by atoms with Crippen LogP contribution >= 0.6 is 0 Å². The van der Waals surface area contributed by atoms with E-state index in [2.05, 4.69) is 10.4 Å². The highest BCUT2D eigenvalue weighted by Gasteiger charge is 2.28. The predicted octanol–water partition coefficient (Wildman–Crippen LogP) is 3.32. The molecule has 1 atom stereocenters. The number of hydrogen-bond donors (Lipinski definition) is 3. The Morgan fingerprint density at radius 3 is 2.72 bits per heavy atom. The van der Waals surface area contributed by atoms with E-state index < -0.39 is 11.6 Å². The zero-order valence-electron chi connectivity index (χ0n) is 17.5. The molecule has 0 aliphatic heterocycles. The Hall–Kier alpha value is -2.48. The highest BCUT2D eigenvalue weighted by molar-refractivity contribution is 5.93. The summed E-state index contributed by atoms with van der Waals surface area (Å²) in [5, 5.41) is 27.5. The summed E-state index contributed by atoms with van der Waals surface area (Å²) < 4.78 is 8.39. The van der Waals surface area contributed by atoms with Crippen LogP contribution in [-0.2, 0) is 11.3 Å². The second-order valence-corrected chi connectivity index (χ2v) is 8.60. The van der Waals surface area contributed by atoms with E-state index in [1.54, 1.807) is 41.6 Å². The van der Waals surface area contributed by atoms with Crippen molar-refractivity contribution in [3.63, 3.8) is 0 Å². The highest BCUT2D eigenvalue weighted by atomic mass is 16.5. The summed E-state index contributed by atoms with van der Waals surface area (Å²) in [7, 11) is 1.53. The minimum atomic E-state index is -0.899. The number of hydrogen-bond acceptors (Lipinski definition) is 5. The van der Waals surface area contributed by atoms with Crippen LogP contribution in [0.2, 0.25) is 0 Å². The fourth-order valence-electron chi connectivity index (χ4n) is 4.01. The van der Waals surface area contributed by atoms with Gasteiger partial charge in [0.1, 0.15) is 11.8 Å². The monoisotopic (exact) mass is 404 g/mol. The Labute approximate surface area is 171 Å². The molecule has 0 saturated heterocycles. The topological polar surface area (TPSA) is 102 Å². The summed E-state index contributed by atoms with van der Waals surface area (Å²) in [6.07, 6.45) is 9.85. The van der Waals surface area contributed by atoms with Crippen molar-refractivity contribution in [1.29, 1.82) is 0 Å². The molecule has 29 heavy (non-hydrogen) atoms. The van der Waals surface area contributed by atoms with E-state index in [4.69, 9.17) is 4.74 Å². The van der Waals surface area contributed by atoms with Gasteiger partial charge in [0.2, 0.25) is 5.91 Å². The van der Waals surface area contributed by atoms with Crippen LogP contribution in [0.1, 0.15) is 58.4 Å². The van der Waals surface area contributed by atoms with Crippen LogP contribution in [0, 0.1) is 5.92 Å². The first-order valence-corrected chi connectivity index (χ1v) is 10.3. The molecular formula is C21H32N4O4. The zero-order chi connectivity index (χ0) is 21.0. The van der Waals surface area contributed by atoms with Gasteiger partial charge in [-0.3, -0.25) is 9.48 Å². The summed E-state index contributed by atoms with van der Waals surface area (Å²) in [5.74, 6) is 1.16. The number of carbonyl (C=O) groups excluding carboxylic acids is 1. The Kier molecular flexibility index (Phi) is 6.52. The van der Waals surface area contributed by atoms with Gasteiger partial charge in [0.25, 0.3) is 0 Å². The van der Waals surface area contributed by atoms with Gasteiger partial charge in [-0.1, -0.05) is 32.1 Å². The van der Waals surface area contributed by atoms with Crippen LogP contribution in [-0.4, -0.2) is 43.2 Å². The summed E-state index contributed by atoms with van der Waals surface area (Å²) in [4.78, 5) is 13.1. The molecule has 0 spiro atoms. The average Bonchev–Trinajstić information content (AvgIpc) is 3.25. The lowest BCUT2D eigenvalue weighted by atomic mass is 9.84. The summed E-state index contributed by atoms with van der Waals surface area (Å²) in [6, 6.07) is 2.66. The van der Waals surface area contributed by atoms with Gasteiger partial charge < -0.3 is 24.8 Å². The molecule has 1 aliphatic carbocycles. The molecule has 3 rings (SSSR count). The molecule has 1 amide bonds. The van der Waals surface area contributed by atoms with Gasteiger partial charge in [-0.25, -0.2) is 0 Å². The number of ether oxygens (including phenoxy) is 1. The number of carbonyl (C=O) groups is 1. The second kappa shape index (κ2) is 8.90. The minimum absolute atomic E-state index is 0.00497. The lowest BCUT2D eigenvalue weighted by molar-refractivity contribution is -0.120. The molecule has 1 fully saturated rings. The number of amides is 1. The summed E-state index contributed by atoms with van der Waals surface area (Å²) in [6.45, 7) is 3.73. The van der Waals surface area contributed by atoms with Crippen molar-refractivity contribution in [1.82, 2.24) is 14.3 Å². The molecule has 3 N–H and O–H groups in total. The lowest BCUT2D eigenvalue weighted by Gasteiger charge is -2.27. The smallest absolute Gasteiger partial charge is 0.248 e. The molecule has 1 saturated carbocycles. The van der Waals surface area contributed by atoms with Gasteiger partial charge in [0, 0.05) is 18.3 Å². The van der Waals surface area contributed by atoms with Gasteiger partial charge >= 0.3 is 0 Å². The number of nitrogens with zero attached hydrogens (tertiary/aromatic N) is 3. The fourth-order valence-corrected chi connectivity index (χ4v) is 4.01. The van der Waals surface area contributed by atoms with Crippen molar-refractivity contribution < 1.29 is 19.7 Å². The predicted molar refractivity (Wildman–Crippen MR) is 110 cm³/mol. The quantitative estimate of drug-likeness (QED) is 0.626. The van der Waals surface area contributed by atoms with Gasteiger partial charge in [-0.05, 0) is 26.2 Å². The van der Waals surface area contributed by atoms with Crippen molar-refractivity contribution in [2.75, 3.05) is 12.4 Å². The van der Waals surface area contributed by atoms with Crippen molar-refractivity contribution in [2.45, 2.75) is 70.6 Å². The zero-order valence-corrected chi connectivity index (χ0v) is 17.5. The first-order valence-electron chi connectivity index (χ1n) is 10.3.